The molecule has 0 aromatic heterocycles. The fourth-order valence-corrected chi connectivity index (χ4v) is 15.2. The van der Waals surface area contributed by atoms with E-state index < -0.39 is 46.0 Å². The van der Waals surface area contributed by atoms with Gasteiger partial charge in [-0.25, -0.2) is 0 Å². The van der Waals surface area contributed by atoms with Crippen LogP contribution in [0, 0.1) is 0 Å². The third kappa shape index (κ3) is 23.5. The van der Waals surface area contributed by atoms with Gasteiger partial charge in [-0.05, 0) is 234 Å². The SMILES string of the molecule is C=C(C)C(=O)c1cc(OP(Oc2ccc(/C=C/C)cc2)Oc2ccc(/C=C/C)cc2)c(-c2c(OP(Oc3ccc(/C=C/C)cc3)Oc3ccc(/C=C/C)cc3)cc(C(=O)C(=C)C)c(OC)c2OP(Oc2ccc(/C=C/C)cc2)Oc2ccc(/C=C/C)cc2)c(OP(Oc2ccc(/C=C/C)cc2)Oc2ccc(/C=C/C)cc2)c1OC. The number of carbonyl (C=O) groups excluding carboxylic acids is 2. The molecule has 0 aliphatic heterocycles. The number of Topliss-reactive ketones (excluding diaryl/α,β-unsaturated/α-hetero) is 2. The number of rotatable bonds is 39. The van der Waals surface area contributed by atoms with Gasteiger partial charge in [0.15, 0.2) is 34.6 Å². The van der Waals surface area contributed by atoms with Crippen molar-refractivity contribution < 1.29 is 73.3 Å². The van der Waals surface area contributed by atoms with E-state index in [-0.39, 0.29) is 67.9 Å². The maximum absolute atomic E-state index is 15.6. The van der Waals surface area contributed by atoms with E-state index in [1.807, 2.05) is 250 Å². The summed E-state index contributed by atoms with van der Waals surface area (Å²) in [6, 6.07) is 61.3. The molecule has 0 amide bonds. The van der Waals surface area contributed by atoms with Crippen molar-refractivity contribution >= 4 is 94.6 Å². The van der Waals surface area contributed by atoms with Crippen LogP contribution in [-0.2, 0) is 0 Å². The van der Waals surface area contributed by atoms with E-state index in [1.54, 1.807) is 111 Å². The number of ketones is 2. The third-order valence-corrected chi connectivity index (χ3v) is 20.6. The van der Waals surface area contributed by atoms with Crippen molar-refractivity contribution in [2.24, 2.45) is 0 Å². The van der Waals surface area contributed by atoms with Crippen LogP contribution in [-0.4, -0.2) is 25.8 Å². The highest BCUT2D eigenvalue weighted by molar-refractivity contribution is 7.44. The first-order chi connectivity index (χ1) is 55.4. The summed E-state index contributed by atoms with van der Waals surface area (Å²) in [7, 11) is -8.49. The zero-order chi connectivity index (χ0) is 80.9. The van der Waals surface area contributed by atoms with Gasteiger partial charge in [-0.15, -0.1) is 0 Å². The molecule has 0 spiro atoms. The van der Waals surface area contributed by atoms with E-state index >= 15 is 9.59 Å². The lowest BCUT2D eigenvalue weighted by molar-refractivity contribution is 0.102. The predicted octanol–water partition coefficient (Wildman–Crippen LogP) is 28.2. The van der Waals surface area contributed by atoms with Gasteiger partial charge >= 0.3 is 34.4 Å². The Balaban J connectivity index is 1.39. The van der Waals surface area contributed by atoms with Crippen molar-refractivity contribution in [2.75, 3.05) is 14.2 Å². The molecule has 0 saturated heterocycles. The highest BCUT2D eigenvalue weighted by Gasteiger charge is 2.41. The smallest absolute Gasteiger partial charge is 0.492 e. The van der Waals surface area contributed by atoms with Gasteiger partial charge in [0, 0.05) is 0 Å². The standard InChI is InChI=1S/C94H90O16P4/c1-15-23-67-31-47-75(48-32-67)99-111(100-76-49-33-68(24-16-2)34-50-76)107-85-63-83(89(95)65(9)10)91(97-13)93(109-113(103-79-55-39-71(27-19-5)40-56-79)104-80-57-41-72(28-20-6)42-58-80)87(85)88-86(108-112(101-77-51-35-69(25-17-3)36-52-77)102-78-53-37-70(26-18-4)38-54-78)64-84(90(96)66(11)12)92(98-14)94(88)110-114(105-81-59-43-73(29-21-7)44-60-81)106-82-61-45-74(30-22-8)46-62-82/h15-64H,9,11H2,1-8,10,12-14H3/b23-15+,24-16+,25-17+,26-18+,27-19+,28-20+,29-21+,30-22+. The molecule has 0 fully saturated rings. The van der Waals surface area contributed by atoms with Crippen LogP contribution in [0.5, 0.6) is 80.5 Å². The zero-order valence-corrected chi connectivity index (χ0v) is 69.2. The van der Waals surface area contributed by atoms with Crippen LogP contribution in [0.25, 0.3) is 59.7 Å². The maximum atomic E-state index is 15.6. The van der Waals surface area contributed by atoms with E-state index in [2.05, 4.69) is 13.2 Å². The fraction of sp³-hybridized carbons (Fsp3) is 0.128. The van der Waals surface area contributed by atoms with Crippen LogP contribution in [0.4, 0.5) is 0 Å². The molecule has 0 saturated carbocycles. The summed E-state index contributed by atoms with van der Waals surface area (Å²) < 4.78 is 99.0. The van der Waals surface area contributed by atoms with E-state index in [4.69, 9.17) is 63.8 Å². The molecule has 0 N–H and O–H groups in total. The molecule has 0 bridgehead atoms. The Morgan fingerprint density at radius 2 is 0.421 bits per heavy atom. The van der Waals surface area contributed by atoms with E-state index in [9.17, 15) is 0 Å². The molecule has 582 valence electrons. The molecule has 0 radical (unpaired) electrons. The summed E-state index contributed by atoms with van der Waals surface area (Å²) >= 11 is 0. The number of ether oxygens (including phenoxy) is 2. The van der Waals surface area contributed by atoms with Crippen molar-refractivity contribution in [2.45, 2.75) is 69.2 Å². The Bertz CT molecular complexity index is 4610. The Hall–Kier alpha value is -12.1. The van der Waals surface area contributed by atoms with Crippen molar-refractivity contribution in [3.8, 4) is 91.6 Å². The van der Waals surface area contributed by atoms with Gasteiger partial charge in [-0.2, -0.15) is 0 Å². The van der Waals surface area contributed by atoms with Gasteiger partial charge < -0.3 is 63.8 Å². The largest absolute Gasteiger partial charge is 0.530 e. The van der Waals surface area contributed by atoms with Crippen molar-refractivity contribution in [1.29, 1.82) is 0 Å². The van der Waals surface area contributed by atoms with Crippen LogP contribution in [0.3, 0.4) is 0 Å². The highest BCUT2D eigenvalue weighted by atomic mass is 31.2. The van der Waals surface area contributed by atoms with Crippen molar-refractivity contribution in [3.63, 3.8) is 0 Å². The zero-order valence-electron chi connectivity index (χ0n) is 65.6. The molecule has 10 aromatic rings. The average Bonchev–Trinajstić information content (AvgIpc) is 0.734. The van der Waals surface area contributed by atoms with Crippen LogP contribution in [0.1, 0.15) is 134 Å². The summed E-state index contributed by atoms with van der Waals surface area (Å²) in [4.78, 5) is 31.1. The van der Waals surface area contributed by atoms with Crippen LogP contribution < -0.4 is 63.8 Å². The van der Waals surface area contributed by atoms with E-state index in [0.29, 0.717) is 46.0 Å². The minimum Gasteiger partial charge on any atom is -0.492 e. The number of methoxy groups -OCH3 is 2. The van der Waals surface area contributed by atoms with Gasteiger partial charge in [-0.1, -0.05) is 207 Å². The summed E-state index contributed by atoms with van der Waals surface area (Å²) in [6.07, 6.45) is 31.0. The molecule has 20 heteroatoms. The van der Waals surface area contributed by atoms with Crippen molar-refractivity contribution in [1.82, 2.24) is 0 Å². The minimum absolute atomic E-state index is 0.0830. The van der Waals surface area contributed by atoms with Gasteiger partial charge in [0.1, 0.15) is 57.5 Å². The molecule has 0 aliphatic rings. The number of benzene rings is 10. The molecule has 16 nitrogen and oxygen atoms in total. The summed E-state index contributed by atoms with van der Waals surface area (Å²) in [6.45, 7) is 26.9. The number of hydrogen-bond donors (Lipinski definition) is 0. The van der Waals surface area contributed by atoms with Crippen LogP contribution in [0.15, 0.2) is 279 Å². The van der Waals surface area contributed by atoms with Gasteiger partial charge in [0.2, 0.25) is 0 Å². The lowest BCUT2D eigenvalue weighted by atomic mass is 9.93. The number of allylic oxidation sites excluding steroid dienone is 10. The van der Waals surface area contributed by atoms with E-state index in [1.165, 1.54) is 26.4 Å². The molecule has 10 aromatic carbocycles. The maximum Gasteiger partial charge on any atom is 0.530 e. The molecule has 0 unspecified atom stereocenters. The quantitative estimate of drug-likeness (QED) is 0.0203. The molecule has 0 aliphatic carbocycles. The first kappa shape index (κ1) is 84.3. The normalized spacial score (nSPS) is 11.7. The third-order valence-electron chi connectivity index (χ3n) is 16.4. The highest BCUT2D eigenvalue weighted by Crippen LogP contribution is 2.64. The van der Waals surface area contributed by atoms with Gasteiger partial charge in [0.05, 0.1) is 36.5 Å². The molecule has 114 heavy (non-hydrogen) atoms. The van der Waals surface area contributed by atoms with Crippen LogP contribution >= 0.6 is 34.4 Å². The topological polar surface area (TPSA) is 163 Å². The fourth-order valence-electron chi connectivity index (χ4n) is 11.1. The Morgan fingerprint density at radius 1 is 0.254 bits per heavy atom. The second-order valence-corrected chi connectivity index (χ2v) is 29.1. The predicted molar refractivity (Wildman–Crippen MR) is 468 cm³/mol. The second kappa shape index (κ2) is 42.5. The Labute approximate surface area is 673 Å². The molecular formula is C94H90O16P4. The molecule has 0 atom stereocenters. The lowest BCUT2D eigenvalue weighted by Crippen LogP contribution is -2.13. The van der Waals surface area contributed by atoms with Gasteiger partial charge in [0.25, 0.3) is 0 Å². The Kier molecular flexibility index (Phi) is 31.4. The summed E-state index contributed by atoms with van der Waals surface area (Å²) in [5.41, 5.74) is 6.63. The molecule has 10 rings (SSSR count). The minimum atomic E-state index is -2.83. The summed E-state index contributed by atoms with van der Waals surface area (Å²) in [5.74, 6) is -0.215. The van der Waals surface area contributed by atoms with Crippen LogP contribution in [0.2, 0.25) is 0 Å². The molecular weight excluding hydrogens is 1510 g/mol. The monoisotopic (exact) mass is 1600 g/mol. The second-order valence-electron chi connectivity index (χ2n) is 25.1. The first-order valence-corrected chi connectivity index (χ1v) is 40.9. The average molecular weight is 1600 g/mol. The van der Waals surface area contributed by atoms with Crippen molar-refractivity contribution in [3.05, 3.63) is 335 Å². The van der Waals surface area contributed by atoms with E-state index in [0.717, 1.165) is 44.5 Å². The number of carbonyl (C=O) groups is 2. The summed E-state index contributed by atoms with van der Waals surface area (Å²) in [5, 5.41) is 0. The van der Waals surface area contributed by atoms with Gasteiger partial charge in [-0.3, -0.25) is 9.59 Å². The Morgan fingerprint density at radius 3 is 0.570 bits per heavy atom. The molecule has 0 heterocycles. The lowest BCUT2D eigenvalue weighted by Gasteiger charge is -2.29. The first-order valence-electron chi connectivity index (χ1n) is 36.6. The number of hydrogen-bond acceptors (Lipinski definition) is 16.